The number of anilines is 1. The van der Waals surface area contributed by atoms with Crippen molar-refractivity contribution in [3.63, 3.8) is 0 Å². The highest BCUT2D eigenvalue weighted by atomic mass is 32.2. The normalized spacial score (nSPS) is 11.5. The topological polar surface area (TPSA) is 72.2 Å². The van der Waals surface area contributed by atoms with Crippen molar-refractivity contribution in [3.05, 3.63) is 59.2 Å². The van der Waals surface area contributed by atoms with Gasteiger partial charge in [-0.15, -0.1) is 0 Å². The lowest BCUT2D eigenvalue weighted by molar-refractivity contribution is 0.581. The van der Waals surface area contributed by atoms with E-state index in [1.165, 1.54) is 5.56 Å². The Morgan fingerprint density at radius 1 is 1.10 bits per heavy atom. The van der Waals surface area contributed by atoms with Crippen molar-refractivity contribution in [3.8, 4) is 0 Å². The van der Waals surface area contributed by atoms with Gasteiger partial charge < -0.3 is 5.73 Å². The van der Waals surface area contributed by atoms with Gasteiger partial charge in [0.2, 0.25) is 10.0 Å². The second-order valence-electron chi connectivity index (χ2n) is 5.13. The van der Waals surface area contributed by atoms with E-state index in [0.717, 1.165) is 5.56 Å². The van der Waals surface area contributed by atoms with Crippen LogP contribution in [0.15, 0.2) is 47.4 Å². The predicted octanol–water partition coefficient (Wildman–Crippen LogP) is 2.41. The number of nitrogens with one attached hydrogen (secondary N) is 1. The van der Waals surface area contributed by atoms with Crippen molar-refractivity contribution in [1.29, 1.82) is 0 Å². The van der Waals surface area contributed by atoms with Crippen LogP contribution in [0.4, 0.5) is 5.69 Å². The third-order valence-corrected chi connectivity index (χ3v) is 4.98. The molecule has 5 heteroatoms. The van der Waals surface area contributed by atoms with Gasteiger partial charge in [-0.1, -0.05) is 42.0 Å². The van der Waals surface area contributed by atoms with Crippen LogP contribution in [0.25, 0.3) is 0 Å². The van der Waals surface area contributed by atoms with Gasteiger partial charge in [-0.05, 0) is 37.5 Å². The van der Waals surface area contributed by atoms with Gasteiger partial charge in [0, 0.05) is 6.54 Å². The molecule has 0 aliphatic carbocycles. The maximum absolute atomic E-state index is 12.3. The van der Waals surface area contributed by atoms with Crippen molar-refractivity contribution in [2.24, 2.45) is 0 Å². The Morgan fingerprint density at radius 2 is 1.81 bits per heavy atom. The summed E-state index contributed by atoms with van der Waals surface area (Å²) in [6.45, 7) is 4.10. The SMILES string of the molecule is Cc1cccc(CCNS(=O)(=O)c2c(C)cccc2N)c1. The zero-order valence-electron chi connectivity index (χ0n) is 12.3. The van der Waals surface area contributed by atoms with Gasteiger partial charge >= 0.3 is 0 Å². The molecule has 0 bridgehead atoms. The van der Waals surface area contributed by atoms with E-state index in [4.69, 9.17) is 5.73 Å². The van der Waals surface area contributed by atoms with Gasteiger partial charge in [0.15, 0.2) is 0 Å². The Labute approximate surface area is 126 Å². The first-order chi connectivity index (χ1) is 9.90. The average Bonchev–Trinajstić information content (AvgIpc) is 2.38. The summed E-state index contributed by atoms with van der Waals surface area (Å²) in [7, 11) is -3.58. The highest BCUT2D eigenvalue weighted by Crippen LogP contribution is 2.21. The number of rotatable bonds is 5. The molecule has 0 fully saturated rings. The molecular formula is C16H20N2O2S. The molecule has 0 amide bonds. The smallest absolute Gasteiger partial charge is 0.242 e. The van der Waals surface area contributed by atoms with Gasteiger partial charge in [0.25, 0.3) is 0 Å². The summed E-state index contributed by atoms with van der Waals surface area (Å²) in [6, 6.07) is 13.1. The van der Waals surface area contributed by atoms with Crippen LogP contribution in [0, 0.1) is 13.8 Å². The lowest BCUT2D eigenvalue weighted by atomic mass is 10.1. The molecule has 2 aromatic carbocycles. The molecular weight excluding hydrogens is 284 g/mol. The highest BCUT2D eigenvalue weighted by molar-refractivity contribution is 7.89. The van der Waals surface area contributed by atoms with Crippen LogP contribution in [-0.4, -0.2) is 15.0 Å². The number of aryl methyl sites for hydroxylation is 2. The van der Waals surface area contributed by atoms with E-state index in [-0.39, 0.29) is 10.6 Å². The quantitative estimate of drug-likeness (QED) is 0.833. The summed E-state index contributed by atoms with van der Waals surface area (Å²) in [5.74, 6) is 0. The monoisotopic (exact) mass is 304 g/mol. The number of hydrogen-bond acceptors (Lipinski definition) is 3. The Balaban J connectivity index is 2.09. The summed E-state index contributed by atoms with van der Waals surface area (Å²) in [5, 5.41) is 0. The fourth-order valence-electron chi connectivity index (χ4n) is 2.31. The average molecular weight is 304 g/mol. The predicted molar refractivity (Wildman–Crippen MR) is 85.7 cm³/mol. The molecule has 0 saturated carbocycles. The van der Waals surface area contributed by atoms with E-state index in [1.54, 1.807) is 25.1 Å². The minimum absolute atomic E-state index is 0.175. The number of sulfonamides is 1. The van der Waals surface area contributed by atoms with Crippen molar-refractivity contribution < 1.29 is 8.42 Å². The molecule has 4 nitrogen and oxygen atoms in total. The Kier molecular flexibility index (Phi) is 4.65. The fourth-order valence-corrected chi connectivity index (χ4v) is 3.70. The lowest BCUT2D eigenvalue weighted by Crippen LogP contribution is -2.27. The van der Waals surface area contributed by atoms with Crippen LogP contribution >= 0.6 is 0 Å². The van der Waals surface area contributed by atoms with Crippen LogP contribution in [0.2, 0.25) is 0 Å². The first kappa shape index (κ1) is 15.5. The van der Waals surface area contributed by atoms with Gasteiger partial charge in [0.1, 0.15) is 4.90 Å². The summed E-state index contributed by atoms with van der Waals surface area (Å²) in [6.07, 6.45) is 0.646. The van der Waals surface area contributed by atoms with Crippen molar-refractivity contribution in [2.45, 2.75) is 25.2 Å². The van der Waals surface area contributed by atoms with E-state index in [1.807, 2.05) is 25.1 Å². The van der Waals surface area contributed by atoms with Gasteiger partial charge in [0.05, 0.1) is 5.69 Å². The second-order valence-corrected chi connectivity index (χ2v) is 6.83. The van der Waals surface area contributed by atoms with E-state index in [2.05, 4.69) is 10.8 Å². The molecule has 2 rings (SSSR count). The van der Waals surface area contributed by atoms with Gasteiger partial charge in [-0.25, -0.2) is 13.1 Å². The first-order valence-electron chi connectivity index (χ1n) is 6.80. The van der Waals surface area contributed by atoms with Crippen LogP contribution in [0.5, 0.6) is 0 Å². The van der Waals surface area contributed by atoms with Crippen molar-refractivity contribution >= 4 is 15.7 Å². The summed E-state index contributed by atoms with van der Waals surface area (Å²) >= 11 is 0. The highest BCUT2D eigenvalue weighted by Gasteiger charge is 2.19. The summed E-state index contributed by atoms with van der Waals surface area (Å²) in [4.78, 5) is 0.175. The minimum atomic E-state index is -3.58. The molecule has 2 aromatic rings. The first-order valence-corrected chi connectivity index (χ1v) is 8.29. The zero-order valence-corrected chi connectivity index (χ0v) is 13.1. The molecule has 0 heterocycles. The minimum Gasteiger partial charge on any atom is -0.398 e. The molecule has 0 unspecified atom stereocenters. The second kappa shape index (κ2) is 6.28. The van der Waals surface area contributed by atoms with Crippen LogP contribution in [0.1, 0.15) is 16.7 Å². The standard InChI is InChI=1S/C16H20N2O2S/c1-12-5-3-7-14(11-12)9-10-18-21(19,20)16-13(2)6-4-8-15(16)17/h3-8,11,18H,9-10,17H2,1-2H3. The molecule has 0 radical (unpaired) electrons. The molecule has 0 aliphatic rings. The lowest BCUT2D eigenvalue weighted by Gasteiger charge is -2.11. The molecule has 0 aromatic heterocycles. The van der Waals surface area contributed by atoms with Crippen LogP contribution < -0.4 is 10.5 Å². The van der Waals surface area contributed by atoms with Gasteiger partial charge in [-0.3, -0.25) is 0 Å². The van der Waals surface area contributed by atoms with Gasteiger partial charge in [-0.2, -0.15) is 0 Å². The molecule has 112 valence electrons. The maximum atomic E-state index is 12.3. The van der Waals surface area contributed by atoms with Crippen molar-refractivity contribution in [1.82, 2.24) is 4.72 Å². The number of nitrogen functional groups attached to an aromatic ring is 1. The third-order valence-electron chi connectivity index (χ3n) is 3.30. The largest absolute Gasteiger partial charge is 0.398 e. The fraction of sp³-hybridized carbons (Fsp3) is 0.250. The molecule has 21 heavy (non-hydrogen) atoms. The Hall–Kier alpha value is -1.85. The van der Waals surface area contributed by atoms with E-state index < -0.39 is 10.0 Å². The third kappa shape index (κ3) is 3.83. The Bertz CT molecular complexity index is 719. The molecule has 0 atom stereocenters. The Morgan fingerprint density at radius 3 is 2.48 bits per heavy atom. The molecule has 0 spiro atoms. The van der Waals surface area contributed by atoms with Crippen LogP contribution in [0.3, 0.4) is 0 Å². The molecule has 0 saturated heterocycles. The molecule has 3 N–H and O–H groups in total. The number of hydrogen-bond donors (Lipinski definition) is 2. The van der Waals surface area contributed by atoms with Crippen LogP contribution in [-0.2, 0) is 16.4 Å². The van der Waals surface area contributed by atoms with Crippen molar-refractivity contribution in [2.75, 3.05) is 12.3 Å². The van der Waals surface area contributed by atoms with E-state index in [0.29, 0.717) is 18.5 Å². The number of benzene rings is 2. The van der Waals surface area contributed by atoms with E-state index in [9.17, 15) is 8.42 Å². The van der Waals surface area contributed by atoms with E-state index >= 15 is 0 Å². The summed E-state index contributed by atoms with van der Waals surface area (Å²) < 4.78 is 27.3. The molecule has 0 aliphatic heterocycles. The maximum Gasteiger partial charge on any atom is 0.242 e. The zero-order chi connectivity index (χ0) is 15.5. The summed E-state index contributed by atoms with van der Waals surface area (Å²) in [5.41, 5.74) is 8.99. The number of nitrogens with two attached hydrogens (primary N) is 1.